The lowest BCUT2D eigenvalue weighted by Gasteiger charge is -2.13. The standard InChI is InChI=1S/C16H16F3NO/c1-10-3-4-12(7-11(10)2)8-15(21)14-6-5-13(9-20-14)16(17,18)19/h3-7,9,15,21H,8H2,1-2H3. The van der Waals surface area contributed by atoms with E-state index in [1.807, 2.05) is 32.0 Å². The van der Waals surface area contributed by atoms with Gasteiger partial charge in [-0.25, -0.2) is 0 Å². The predicted molar refractivity (Wildman–Crippen MR) is 73.8 cm³/mol. The molecule has 112 valence electrons. The van der Waals surface area contributed by atoms with E-state index >= 15 is 0 Å². The van der Waals surface area contributed by atoms with Gasteiger partial charge in [0.05, 0.1) is 17.4 Å². The Balaban J connectivity index is 2.13. The zero-order valence-electron chi connectivity index (χ0n) is 11.8. The van der Waals surface area contributed by atoms with E-state index in [1.54, 1.807) is 0 Å². The smallest absolute Gasteiger partial charge is 0.386 e. The number of rotatable bonds is 3. The number of hydrogen-bond donors (Lipinski definition) is 1. The molecule has 0 radical (unpaired) electrons. The first-order valence-electron chi connectivity index (χ1n) is 6.54. The molecule has 1 atom stereocenters. The van der Waals surface area contributed by atoms with E-state index in [1.165, 1.54) is 6.07 Å². The molecule has 0 fully saturated rings. The summed E-state index contributed by atoms with van der Waals surface area (Å²) in [5.74, 6) is 0. The normalized spacial score (nSPS) is 13.2. The number of hydrogen-bond acceptors (Lipinski definition) is 2. The molecule has 0 spiro atoms. The van der Waals surface area contributed by atoms with Crippen molar-refractivity contribution in [1.29, 1.82) is 0 Å². The number of alkyl halides is 3. The van der Waals surface area contributed by atoms with E-state index in [-0.39, 0.29) is 5.69 Å². The molecule has 0 amide bonds. The van der Waals surface area contributed by atoms with Crippen molar-refractivity contribution in [2.75, 3.05) is 0 Å². The van der Waals surface area contributed by atoms with Crippen LogP contribution in [0.4, 0.5) is 13.2 Å². The minimum atomic E-state index is -4.41. The second-order valence-corrected chi connectivity index (χ2v) is 5.11. The summed E-state index contributed by atoms with van der Waals surface area (Å²) in [5, 5.41) is 10.1. The topological polar surface area (TPSA) is 33.1 Å². The molecule has 0 aliphatic carbocycles. The van der Waals surface area contributed by atoms with Crippen molar-refractivity contribution < 1.29 is 18.3 Å². The Morgan fingerprint density at radius 1 is 1.10 bits per heavy atom. The van der Waals surface area contributed by atoms with Crippen LogP contribution in [-0.4, -0.2) is 10.1 Å². The summed E-state index contributed by atoms with van der Waals surface area (Å²) in [7, 11) is 0. The van der Waals surface area contributed by atoms with Gasteiger partial charge in [0.15, 0.2) is 0 Å². The zero-order chi connectivity index (χ0) is 15.6. The Hall–Kier alpha value is -1.88. The van der Waals surface area contributed by atoms with Gasteiger partial charge < -0.3 is 5.11 Å². The van der Waals surface area contributed by atoms with Gasteiger partial charge in [0.2, 0.25) is 0 Å². The van der Waals surface area contributed by atoms with E-state index in [2.05, 4.69) is 4.98 Å². The third-order valence-electron chi connectivity index (χ3n) is 3.46. The molecule has 1 unspecified atom stereocenters. The Morgan fingerprint density at radius 3 is 2.33 bits per heavy atom. The van der Waals surface area contributed by atoms with Crippen LogP contribution in [-0.2, 0) is 12.6 Å². The Kier molecular flexibility index (Phi) is 4.32. The molecule has 21 heavy (non-hydrogen) atoms. The lowest BCUT2D eigenvalue weighted by molar-refractivity contribution is -0.137. The number of nitrogens with zero attached hydrogens (tertiary/aromatic N) is 1. The van der Waals surface area contributed by atoms with Gasteiger partial charge in [-0.3, -0.25) is 4.98 Å². The first kappa shape index (κ1) is 15.5. The number of aryl methyl sites for hydroxylation is 2. The van der Waals surface area contributed by atoms with Gasteiger partial charge in [-0.1, -0.05) is 18.2 Å². The molecule has 1 aromatic heterocycles. The summed E-state index contributed by atoms with van der Waals surface area (Å²) in [6.07, 6.45) is -4.27. The number of aliphatic hydroxyl groups is 1. The second kappa shape index (κ2) is 5.85. The highest BCUT2D eigenvalue weighted by molar-refractivity contribution is 5.31. The molecular formula is C16H16F3NO. The Morgan fingerprint density at radius 2 is 1.81 bits per heavy atom. The number of aromatic nitrogens is 1. The van der Waals surface area contributed by atoms with Gasteiger partial charge in [-0.2, -0.15) is 13.2 Å². The maximum Gasteiger partial charge on any atom is 0.417 e. The molecule has 2 aromatic rings. The van der Waals surface area contributed by atoms with Crippen LogP contribution in [0.1, 0.15) is 34.1 Å². The van der Waals surface area contributed by atoms with Crippen molar-refractivity contribution in [2.24, 2.45) is 0 Å². The van der Waals surface area contributed by atoms with E-state index in [0.29, 0.717) is 6.42 Å². The summed E-state index contributed by atoms with van der Waals surface area (Å²) in [4.78, 5) is 3.71. The van der Waals surface area contributed by atoms with Crippen molar-refractivity contribution in [1.82, 2.24) is 4.98 Å². The minimum absolute atomic E-state index is 0.237. The highest BCUT2D eigenvalue weighted by Crippen LogP contribution is 2.29. The molecule has 0 aliphatic heterocycles. The summed E-state index contributed by atoms with van der Waals surface area (Å²) in [6, 6.07) is 7.97. The molecular weight excluding hydrogens is 279 g/mol. The number of halogens is 3. The van der Waals surface area contributed by atoms with Gasteiger partial charge in [0, 0.05) is 12.6 Å². The van der Waals surface area contributed by atoms with Gasteiger partial charge in [-0.15, -0.1) is 0 Å². The van der Waals surface area contributed by atoms with Gasteiger partial charge in [0.25, 0.3) is 0 Å². The summed E-state index contributed by atoms with van der Waals surface area (Å²) in [6.45, 7) is 3.97. The predicted octanol–water partition coefficient (Wildman–Crippen LogP) is 3.99. The van der Waals surface area contributed by atoms with E-state index < -0.39 is 17.8 Å². The fraction of sp³-hybridized carbons (Fsp3) is 0.312. The fourth-order valence-corrected chi connectivity index (χ4v) is 2.03. The van der Waals surface area contributed by atoms with Gasteiger partial charge >= 0.3 is 6.18 Å². The maximum atomic E-state index is 12.4. The van der Waals surface area contributed by atoms with E-state index in [0.717, 1.165) is 29.0 Å². The van der Waals surface area contributed by atoms with E-state index in [9.17, 15) is 18.3 Å². The Labute approximate surface area is 121 Å². The quantitative estimate of drug-likeness (QED) is 0.928. The van der Waals surface area contributed by atoms with Crippen molar-refractivity contribution in [3.05, 3.63) is 64.5 Å². The maximum absolute atomic E-state index is 12.4. The number of benzene rings is 1. The summed E-state index contributed by atoms with van der Waals surface area (Å²) in [5.41, 5.74) is 2.61. The van der Waals surface area contributed by atoms with Crippen molar-refractivity contribution in [3.8, 4) is 0 Å². The molecule has 2 nitrogen and oxygen atoms in total. The van der Waals surface area contributed by atoms with Crippen LogP contribution in [0.5, 0.6) is 0 Å². The van der Waals surface area contributed by atoms with Crippen LogP contribution in [0.2, 0.25) is 0 Å². The number of pyridine rings is 1. The number of aliphatic hydroxyl groups excluding tert-OH is 1. The monoisotopic (exact) mass is 295 g/mol. The first-order valence-corrected chi connectivity index (χ1v) is 6.54. The van der Waals surface area contributed by atoms with Crippen LogP contribution >= 0.6 is 0 Å². The van der Waals surface area contributed by atoms with Crippen LogP contribution in [0, 0.1) is 13.8 Å². The summed E-state index contributed by atoms with van der Waals surface area (Å²) >= 11 is 0. The zero-order valence-corrected chi connectivity index (χ0v) is 11.8. The van der Waals surface area contributed by atoms with Crippen LogP contribution in [0.3, 0.4) is 0 Å². The molecule has 2 rings (SSSR count). The first-order chi connectivity index (χ1) is 9.77. The molecule has 0 saturated heterocycles. The molecule has 5 heteroatoms. The Bertz CT molecular complexity index is 620. The van der Waals surface area contributed by atoms with Gasteiger partial charge in [-0.05, 0) is 42.7 Å². The molecule has 0 saturated carbocycles. The van der Waals surface area contributed by atoms with E-state index in [4.69, 9.17) is 0 Å². The average molecular weight is 295 g/mol. The van der Waals surface area contributed by atoms with Crippen LogP contribution in [0.15, 0.2) is 36.5 Å². The minimum Gasteiger partial charge on any atom is -0.386 e. The fourth-order valence-electron chi connectivity index (χ4n) is 2.03. The second-order valence-electron chi connectivity index (χ2n) is 5.11. The third kappa shape index (κ3) is 3.82. The summed E-state index contributed by atoms with van der Waals surface area (Å²) < 4.78 is 37.3. The molecule has 0 aliphatic rings. The van der Waals surface area contributed by atoms with Crippen molar-refractivity contribution >= 4 is 0 Å². The highest BCUT2D eigenvalue weighted by atomic mass is 19.4. The average Bonchev–Trinajstić information content (AvgIpc) is 2.42. The molecule has 1 heterocycles. The lowest BCUT2D eigenvalue weighted by atomic mass is 10.0. The van der Waals surface area contributed by atoms with Crippen molar-refractivity contribution in [3.63, 3.8) is 0 Å². The molecule has 1 aromatic carbocycles. The molecule has 1 N–H and O–H groups in total. The van der Waals surface area contributed by atoms with Gasteiger partial charge in [0.1, 0.15) is 0 Å². The lowest BCUT2D eigenvalue weighted by Crippen LogP contribution is -2.09. The largest absolute Gasteiger partial charge is 0.417 e. The van der Waals surface area contributed by atoms with Crippen LogP contribution < -0.4 is 0 Å². The third-order valence-corrected chi connectivity index (χ3v) is 3.46. The van der Waals surface area contributed by atoms with Crippen molar-refractivity contribution in [2.45, 2.75) is 32.5 Å². The SMILES string of the molecule is Cc1ccc(CC(O)c2ccc(C(F)(F)F)cn2)cc1C. The highest BCUT2D eigenvalue weighted by Gasteiger charge is 2.30. The van der Waals surface area contributed by atoms with Crippen LogP contribution in [0.25, 0.3) is 0 Å². The molecule has 0 bridgehead atoms.